The van der Waals surface area contributed by atoms with Crippen LogP contribution in [-0.4, -0.2) is 29.4 Å². The van der Waals surface area contributed by atoms with E-state index in [2.05, 4.69) is 22.2 Å². The second-order valence-corrected chi connectivity index (χ2v) is 5.08. The number of hydrogen-bond donors (Lipinski definition) is 2. The summed E-state index contributed by atoms with van der Waals surface area (Å²) >= 11 is 0. The van der Waals surface area contributed by atoms with Gasteiger partial charge < -0.3 is 10.6 Å². The molecule has 0 saturated carbocycles. The standard InChI is InChI=1S/C13H22N4/c1-2-12-11-5-8-15-9-13(11)17(16-12)10-3-6-14-7-4-10/h10,14-15H,2-9H2,1H3. The van der Waals surface area contributed by atoms with Crippen LogP contribution in [0.2, 0.25) is 0 Å². The first kappa shape index (κ1) is 11.2. The SMILES string of the molecule is CCc1nn(C2CCNCC2)c2c1CCNC2. The quantitative estimate of drug-likeness (QED) is 0.802. The highest BCUT2D eigenvalue weighted by Gasteiger charge is 2.24. The van der Waals surface area contributed by atoms with Crippen molar-refractivity contribution in [2.24, 2.45) is 0 Å². The van der Waals surface area contributed by atoms with Crippen LogP contribution in [0.4, 0.5) is 0 Å². The van der Waals surface area contributed by atoms with Gasteiger partial charge in [-0.05, 0) is 50.9 Å². The topological polar surface area (TPSA) is 41.9 Å². The Balaban J connectivity index is 1.95. The molecule has 0 aliphatic carbocycles. The minimum atomic E-state index is 0.616. The van der Waals surface area contributed by atoms with E-state index >= 15 is 0 Å². The van der Waals surface area contributed by atoms with Gasteiger partial charge in [-0.15, -0.1) is 0 Å². The number of aromatic nitrogens is 2. The van der Waals surface area contributed by atoms with Gasteiger partial charge in [0.15, 0.2) is 0 Å². The lowest BCUT2D eigenvalue weighted by Gasteiger charge is -2.26. The van der Waals surface area contributed by atoms with Gasteiger partial charge >= 0.3 is 0 Å². The third kappa shape index (κ3) is 2.00. The molecule has 1 aromatic heterocycles. The van der Waals surface area contributed by atoms with Gasteiger partial charge in [-0.2, -0.15) is 5.10 Å². The van der Waals surface area contributed by atoms with Crippen molar-refractivity contribution >= 4 is 0 Å². The number of hydrogen-bond acceptors (Lipinski definition) is 3. The zero-order chi connectivity index (χ0) is 11.7. The van der Waals surface area contributed by atoms with Crippen molar-refractivity contribution in [3.05, 3.63) is 17.0 Å². The van der Waals surface area contributed by atoms with Crippen molar-refractivity contribution in [2.45, 2.75) is 45.2 Å². The maximum absolute atomic E-state index is 4.88. The number of fused-ring (bicyclic) bond motifs is 1. The van der Waals surface area contributed by atoms with Crippen molar-refractivity contribution in [3.8, 4) is 0 Å². The second kappa shape index (κ2) is 4.78. The van der Waals surface area contributed by atoms with E-state index in [4.69, 9.17) is 5.10 Å². The predicted molar refractivity (Wildman–Crippen MR) is 68.2 cm³/mol. The average Bonchev–Trinajstić information content (AvgIpc) is 2.78. The molecule has 17 heavy (non-hydrogen) atoms. The van der Waals surface area contributed by atoms with E-state index in [-0.39, 0.29) is 0 Å². The van der Waals surface area contributed by atoms with Crippen LogP contribution >= 0.6 is 0 Å². The zero-order valence-electron chi connectivity index (χ0n) is 10.6. The number of nitrogens with zero attached hydrogens (tertiary/aromatic N) is 2. The summed E-state index contributed by atoms with van der Waals surface area (Å²) in [6, 6.07) is 0.616. The molecule has 3 heterocycles. The fraction of sp³-hybridized carbons (Fsp3) is 0.769. The molecule has 0 spiro atoms. The Morgan fingerprint density at radius 1 is 1.24 bits per heavy atom. The van der Waals surface area contributed by atoms with Gasteiger partial charge in [-0.1, -0.05) is 6.92 Å². The summed E-state index contributed by atoms with van der Waals surface area (Å²) in [6.45, 7) is 6.60. The highest BCUT2D eigenvalue weighted by molar-refractivity contribution is 5.29. The molecule has 2 N–H and O–H groups in total. The molecule has 94 valence electrons. The molecule has 4 nitrogen and oxygen atoms in total. The molecular weight excluding hydrogens is 212 g/mol. The molecule has 0 atom stereocenters. The molecule has 1 fully saturated rings. The van der Waals surface area contributed by atoms with Crippen molar-refractivity contribution in [1.82, 2.24) is 20.4 Å². The summed E-state index contributed by atoms with van der Waals surface area (Å²) in [7, 11) is 0. The molecule has 0 radical (unpaired) electrons. The molecule has 0 bridgehead atoms. The van der Waals surface area contributed by atoms with E-state index in [0.717, 1.165) is 39.0 Å². The van der Waals surface area contributed by atoms with E-state index in [1.807, 2.05) is 0 Å². The zero-order valence-corrected chi connectivity index (χ0v) is 10.6. The van der Waals surface area contributed by atoms with E-state index in [1.165, 1.54) is 29.8 Å². The van der Waals surface area contributed by atoms with Gasteiger partial charge in [-0.25, -0.2) is 0 Å². The molecule has 2 aliphatic rings. The highest BCUT2D eigenvalue weighted by atomic mass is 15.3. The Hall–Kier alpha value is -0.870. The number of nitrogens with one attached hydrogen (secondary N) is 2. The van der Waals surface area contributed by atoms with E-state index in [9.17, 15) is 0 Å². The Labute approximate surface area is 103 Å². The van der Waals surface area contributed by atoms with Gasteiger partial charge in [0, 0.05) is 6.54 Å². The Bertz CT molecular complexity index is 390. The molecule has 1 saturated heterocycles. The van der Waals surface area contributed by atoms with Crippen LogP contribution in [0.1, 0.15) is 42.8 Å². The van der Waals surface area contributed by atoms with Crippen LogP contribution in [0, 0.1) is 0 Å². The van der Waals surface area contributed by atoms with Crippen LogP contribution < -0.4 is 10.6 Å². The Morgan fingerprint density at radius 3 is 2.82 bits per heavy atom. The molecule has 1 aromatic rings. The summed E-state index contributed by atoms with van der Waals surface area (Å²) in [5, 5.41) is 11.8. The van der Waals surface area contributed by atoms with Crippen molar-refractivity contribution in [3.63, 3.8) is 0 Å². The first-order valence-electron chi connectivity index (χ1n) is 6.90. The summed E-state index contributed by atoms with van der Waals surface area (Å²) in [6.07, 6.45) is 4.67. The van der Waals surface area contributed by atoms with Crippen LogP contribution in [0.3, 0.4) is 0 Å². The maximum atomic E-state index is 4.88. The largest absolute Gasteiger partial charge is 0.317 e. The Kier molecular flexibility index (Phi) is 3.16. The van der Waals surface area contributed by atoms with Crippen LogP contribution in [-0.2, 0) is 19.4 Å². The Morgan fingerprint density at radius 2 is 2.06 bits per heavy atom. The second-order valence-electron chi connectivity index (χ2n) is 5.08. The summed E-state index contributed by atoms with van der Waals surface area (Å²) in [5.74, 6) is 0. The van der Waals surface area contributed by atoms with Crippen molar-refractivity contribution in [2.75, 3.05) is 19.6 Å². The van der Waals surface area contributed by atoms with Gasteiger partial charge in [0.2, 0.25) is 0 Å². The predicted octanol–water partition coefficient (Wildman–Crippen LogP) is 1.02. The number of aryl methyl sites for hydroxylation is 1. The van der Waals surface area contributed by atoms with Crippen molar-refractivity contribution < 1.29 is 0 Å². The molecule has 0 unspecified atom stereocenters. The number of piperidine rings is 1. The van der Waals surface area contributed by atoms with Gasteiger partial charge in [0.1, 0.15) is 0 Å². The van der Waals surface area contributed by atoms with Crippen LogP contribution in [0.15, 0.2) is 0 Å². The molecule has 4 heteroatoms. The third-order valence-corrected chi connectivity index (χ3v) is 4.04. The minimum Gasteiger partial charge on any atom is -0.317 e. The lowest BCUT2D eigenvalue weighted by molar-refractivity contribution is 0.330. The first-order valence-corrected chi connectivity index (χ1v) is 6.90. The van der Waals surface area contributed by atoms with E-state index in [0.29, 0.717) is 6.04 Å². The van der Waals surface area contributed by atoms with Gasteiger partial charge in [0.25, 0.3) is 0 Å². The summed E-state index contributed by atoms with van der Waals surface area (Å²) < 4.78 is 2.33. The molecule has 0 aromatic carbocycles. The number of rotatable bonds is 2. The molecule has 0 amide bonds. The fourth-order valence-corrected chi connectivity index (χ4v) is 3.09. The third-order valence-electron chi connectivity index (χ3n) is 4.04. The summed E-state index contributed by atoms with van der Waals surface area (Å²) in [5.41, 5.74) is 4.32. The van der Waals surface area contributed by atoms with E-state index < -0.39 is 0 Å². The summed E-state index contributed by atoms with van der Waals surface area (Å²) in [4.78, 5) is 0. The van der Waals surface area contributed by atoms with E-state index in [1.54, 1.807) is 0 Å². The van der Waals surface area contributed by atoms with Gasteiger partial charge in [0.05, 0.1) is 17.4 Å². The lowest BCUT2D eigenvalue weighted by Crippen LogP contribution is -2.32. The smallest absolute Gasteiger partial charge is 0.0657 e. The molecule has 2 aliphatic heterocycles. The average molecular weight is 234 g/mol. The van der Waals surface area contributed by atoms with Gasteiger partial charge in [-0.3, -0.25) is 4.68 Å². The normalized spacial score (nSPS) is 21.5. The highest BCUT2D eigenvalue weighted by Crippen LogP contribution is 2.26. The fourth-order valence-electron chi connectivity index (χ4n) is 3.09. The monoisotopic (exact) mass is 234 g/mol. The molecular formula is C13H22N4. The minimum absolute atomic E-state index is 0.616. The maximum Gasteiger partial charge on any atom is 0.0657 e. The van der Waals surface area contributed by atoms with Crippen LogP contribution in [0.5, 0.6) is 0 Å². The van der Waals surface area contributed by atoms with Crippen LogP contribution in [0.25, 0.3) is 0 Å². The first-order chi connectivity index (χ1) is 8.40. The van der Waals surface area contributed by atoms with Crippen molar-refractivity contribution in [1.29, 1.82) is 0 Å². The molecule has 3 rings (SSSR count). The lowest BCUT2D eigenvalue weighted by atomic mass is 10.0.